The van der Waals surface area contributed by atoms with E-state index in [0.717, 1.165) is 0 Å². The average molecular weight is 562 g/mol. The molecule has 0 radical (unpaired) electrons. The van der Waals surface area contributed by atoms with Crippen LogP contribution in [0.2, 0.25) is 0 Å². The number of benzene rings is 3. The van der Waals surface area contributed by atoms with E-state index in [1.807, 2.05) is 0 Å². The zero-order valence-corrected chi connectivity index (χ0v) is 22.4. The van der Waals surface area contributed by atoms with E-state index in [1.165, 1.54) is 6.07 Å². The van der Waals surface area contributed by atoms with Crippen molar-refractivity contribution in [3.63, 3.8) is 0 Å². The first-order valence-corrected chi connectivity index (χ1v) is 11.6. The van der Waals surface area contributed by atoms with Crippen molar-refractivity contribution in [3.8, 4) is 11.5 Å². The first-order valence-electron chi connectivity index (χ1n) is 8.60. The van der Waals surface area contributed by atoms with Crippen molar-refractivity contribution in [2.45, 2.75) is 24.3 Å². The zero-order chi connectivity index (χ0) is 21.1. The summed E-state index contributed by atoms with van der Waals surface area (Å²) in [7, 11) is -4.05. The number of hydrogen-bond donors (Lipinski definition) is 1. The minimum atomic E-state index is -4.05. The van der Waals surface area contributed by atoms with Gasteiger partial charge in [-0.2, -0.15) is 8.42 Å². The van der Waals surface area contributed by atoms with Gasteiger partial charge in [-0.25, -0.2) is 4.18 Å². The summed E-state index contributed by atoms with van der Waals surface area (Å²) in [6, 6.07) is 13.1. The summed E-state index contributed by atoms with van der Waals surface area (Å²) < 4.78 is 32.4. The Hall–Kier alpha value is -0.870. The Labute approximate surface area is 213 Å². The maximum Gasteiger partial charge on any atom is 1.00 e. The second kappa shape index (κ2) is 8.24. The predicted molar refractivity (Wildman–Crippen MR) is 113 cm³/mol. The molecular weight excluding hydrogens is 547 g/mol. The van der Waals surface area contributed by atoms with Gasteiger partial charge in [-0.1, -0.05) is 51.5 Å². The molecule has 0 saturated heterocycles. The van der Waals surface area contributed by atoms with E-state index in [9.17, 15) is 18.6 Å². The Balaban J connectivity index is 0.00000256. The van der Waals surface area contributed by atoms with Gasteiger partial charge in [0.05, 0.1) is 4.47 Å². The number of fused-ring (bicyclic) bond motifs is 1. The van der Waals surface area contributed by atoms with Gasteiger partial charge in [-0.15, -0.1) is 0 Å². The Morgan fingerprint density at radius 2 is 1.53 bits per heavy atom. The van der Waals surface area contributed by atoms with Crippen molar-refractivity contribution in [3.05, 3.63) is 85.3 Å². The topological polar surface area (TPSA) is 86.7 Å². The number of halogens is 2. The van der Waals surface area contributed by atoms with E-state index in [2.05, 4.69) is 31.9 Å². The molecule has 1 heterocycles. The standard InChI is InChI=1S/C21H16Br2O5S.Na/c1-11-7-13(9-16(22)19(11)24)21(14-8-12(2)20(25)17(23)10-14)15-5-3-4-6-18(15)29(26,27)28-21;/h3-10,24-25H,1-2H3;/q;+1/p-1. The Bertz CT molecular complexity index is 1170. The molecule has 0 fully saturated rings. The van der Waals surface area contributed by atoms with Crippen molar-refractivity contribution in [2.75, 3.05) is 0 Å². The molecule has 1 aliphatic rings. The molecule has 3 aromatic carbocycles. The Kier molecular flexibility index (Phi) is 6.53. The summed E-state index contributed by atoms with van der Waals surface area (Å²) in [5.41, 5.74) is 0.952. The smallest absolute Gasteiger partial charge is 0.872 e. The third-order valence-electron chi connectivity index (χ3n) is 5.07. The molecule has 1 aliphatic heterocycles. The van der Waals surface area contributed by atoms with Crippen LogP contribution in [-0.2, 0) is 19.9 Å². The van der Waals surface area contributed by atoms with E-state index in [-0.39, 0.29) is 46.0 Å². The summed E-state index contributed by atoms with van der Waals surface area (Å²) in [5, 5.41) is 22.5. The molecule has 1 atom stereocenters. The van der Waals surface area contributed by atoms with Crippen molar-refractivity contribution >= 4 is 42.0 Å². The molecule has 0 aliphatic carbocycles. The second-order valence-electron chi connectivity index (χ2n) is 6.94. The number of phenolic OH excluding ortho intramolecular Hbond substituents is 1. The molecule has 0 amide bonds. The molecule has 0 saturated carbocycles. The minimum absolute atomic E-state index is 0. The van der Waals surface area contributed by atoms with E-state index >= 15 is 0 Å². The fourth-order valence-corrected chi connectivity index (χ4v) is 6.22. The summed E-state index contributed by atoms with van der Waals surface area (Å²) >= 11 is 6.62. The molecule has 9 heteroatoms. The molecule has 0 bridgehead atoms. The minimum Gasteiger partial charge on any atom is -0.872 e. The van der Waals surface area contributed by atoms with Gasteiger partial charge in [0.2, 0.25) is 0 Å². The molecule has 30 heavy (non-hydrogen) atoms. The van der Waals surface area contributed by atoms with Crippen LogP contribution < -0.4 is 34.7 Å². The van der Waals surface area contributed by atoms with Gasteiger partial charge in [0, 0.05) is 10.0 Å². The third-order valence-corrected chi connectivity index (χ3v) is 7.62. The van der Waals surface area contributed by atoms with Crippen LogP contribution in [0.4, 0.5) is 0 Å². The monoisotopic (exact) mass is 560 g/mol. The molecule has 4 rings (SSSR count). The van der Waals surface area contributed by atoms with E-state index in [4.69, 9.17) is 4.18 Å². The van der Waals surface area contributed by atoms with E-state index in [1.54, 1.807) is 56.3 Å². The quantitative estimate of drug-likeness (QED) is 0.379. The summed E-state index contributed by atoms with van der Waals surface area (Å²) in [6.45, 7) is 3.38. The third kappa shape index (κ3) is 3.56. The molecule has 0 spiro atoms. The molecule has 1 N–H and O–H groups in total. The number of aryl methyl sites for hydroxylation is 2. The van der Waals surface area contributed by atoms with Crippen LogP contribution in [0.5, 0.6) is 11.5 Å². The fourth-order valence-electron chi connectivity index (χ4n) is 3.68. The largest absolute Gasteiger partial charge is 1.00 e. The van der Waals surface area contributed by atoms with Crippen LogP contribution in [0.15, 0.2) is 62.4 Å². The van der Waals surface area contributed by atoms with Gasteiger partial charge in [0.1, 0.15) is 10.6 Å². The predicted octanol–water partition coefficient (Wildman–Crippen LogP) is 1.62. The average Bonchev–Trinajstić information content (AvgIpc) is 2.92. The van der Waals surface area contributed by atoms with Crippen LogP contribution in [-0.4, -0.2) is 13.5 Å². The van der Waals surface area contributed by atoms with Gasteiger partial charge in [-0.05, 0) is 70.7 Å². The van der Waals surface area contributed by atoms with E-state index < -0.39 is 15.7 Å². The molecule has 5 nitrogen and oxygen atoms in total. The van der Waals surface area contributed by atoms with Crippen LogP contribution in [0.1, 0.15) is 27.8 Å². The normalized spacial score (nSPS) is 19.2. The summed E-state index contributed by atoms with van der Waals surface area (Å²) in [4.78, 5) is 0.0711. The molecule has 3 aromatic rings. The van der Waals surface area contributed by atoms with Crippen LogP contribution in [0.25, 0.3) is 0 Å². The van der Waals surface area contributed by atoms with Crippen LogP contribution in [0.3, 0.4) is 0 Å². The Morgan fingerprint density at radius 3 is 2.13 bits per heavy atom. The summed E-state index contributed by atoms with van der Waals surface area (Å²) in [6.07, 6.45) is 0. The van der Waals surface area contributed by atoms with Gasteiger partial charge in [0.15, 0.2) is 5.60 Å². The maximum atomic E-state index is 12.9. The first-order chi connectivity index (χ1) is 13.6. The molecule has 150 valence electrons. The number of rotatable bonds is 2. The Morgan fingerprint density at radius 1 is 0.967 bits per heavy atom. The van der Waals surface area contributed by atoms with Crippen molar-refractivity contribution in [2.24, 2.45) is 0 Å². The van der Waals surface area contributed by atoms with Crippen LogP contribution >= 0.6 is 31.9 Å². The van der Waals surface area contributed by atoms with Crippen molar-refractivity contribution < 1.29 is 52.4 Å². The van der Waals surface area contributed by atoms with Gasteiger partial charge >= 0.3 is 29.6 Å². The fraction of sp³-hybridized carbons (Fsp3) is 0.143. The number of aromatic hydroxyl groups is 1. The first kappa shape index (κ1) is 23.8. The number of phenols is 1. The number of hydrogen-bond acceptors (Lipinski definition) is 5. The van der Waals surface area contributed by atoms with Crippen molar-refractivity contribution in [1.29, 1.82) is 0 Å². The molecule has 1 unspecified atom stereocenters. The van der Waals surface area contributed by atoms with Gasteiger partial charge in [-0.3, -0.25) is 0 Å². The van der Waals surface area contributed by atoms with Gasteiger partial charge in [0.25, 0.3) is 10.1 Å². The zero-order valence-electron chi connectivity index (χ0n) is 16.4. The maximum absolute atomic E-state index is 12.9. The van der Waals surface area contributed by atoms with Gasteiger partial charge < -0.3 is 10.2 Å². The second-order valence-corrected chi connectivity index (χ2v) is 10.2. The van der Waals surface area contributed by atoms with Crippen LogP contribution in [0, 0.1) is 13.8 Å². The summed E-state index contributed by atoms with van der Waals surface area (Å²) in [5.74, 6) is -0.119. The van der Waals surface area contributed by atoms with E-state index in [0.29, 0.717) is 36.8 Å². The SMILES string of the molecule is Cc1cc(C2(c3cc(C)c(O)c(Br)c3)OS(=O)(=O)c3ccccc32)cc(Br)c1[O-].[Na+]. The molecular formula is C21H15Br2NaO5S. The molecule has 0 aromatic heterocycles. The van der Waals surface area contributed by atoms with Crippen molar-refractivity contribution in [1.82, 2.24) is 0 Å².